The normalized spacial score (nSPS) is 11.8. The van der Waals surface area contributed by atoms with Crippen LogP contribution in [0.3, 0.4) is 0 Å². The van der Waals surface area contributed by atoms with E-state index in [9.17, 15) is 8.42 Å². The molecule has 0 aliphatic rings. The first-order valence-electron chi connectivity index (χ1n) is 7.33. The molecule has 0 atom stereocenters. The molecule has 8 heteroatoms. The lowest BCUT2D eigenvalue weighted by Gasteiger charge is -2.18. The maximum absolute atomic E-state index is 12.8. The molecule has 0 fully saturated rings. The lowest BCUT2D eigenvalue weighted by molar-refractivity contribution is 0.466. The Morgan fingerprint density at radius 1 is 1.12 bits per heavy atom. The van der Waals surface area contributed by atoms with Gasteiger partial charge in [-0.25, -0.2) is 13.1 Å². The van der Waals surface area contributed by atoms with E-state index in [4.69, 9.17) is 0 Å². The third-order valence-corrected chi connectivity index (χ3v) is 5.59. The Morgan fingerprint density at radius 2 is 1.92 bits per heavy atom. The average Bonchev–Trinajstić information content (AvgIpc) is 3.11. The highest BCUT2D eigenvalue weighted by molar-refractivity contribution is 7.89. The predicted molar refractivity (Wildman–Crippen MR) is 89.0 cm³/mol. The summed E-state index contributed by atoms with van der Waals surface area (Å²) in [5, 5.41) is 10.9. The molecule has 0 unspecified atom stereocenters. The second-order valence-electron chi connectivity index (χ2n) is 5.44. The van der Waals surface area contributed by atoms with Crippen LogP contribution in [0.4, 0.5) is 0 Å². The Balaban J connectivity index is 1.90. The summed E-state index contributed by atoms with van der Waals surface area (Å²) in [6.45, 7) is 2.28. The second kappa shape index (κ2) is 6.50. The summed E-state index contributed by atoms with van der Waals surface area (Å²) >= 11 is 0. The number of aryl methyl sites for hydroxylation is 1. The monoisotopic (exact) mass is 343 g/mol. The molecule has 0 spiro atoms. The summed E-state index contributed by atoms with van der Waals surface area (Å²) in [5.41, 5.74) is 2.62. The van der Waals surface area contributed by atoms with Crippen LogP contribution in [0, 0.1) is 6.92 Å². The average molecular weight is 343 g/mol. The summed E-state index contributed by atoms with van der Waals surface area (Å²) in [7, 11) is -2.04. The van der Waals surface area contributed by atoms with Crippen LogP contribution in [-0.4, -0.2) is 40.0 Å². The van der Waals surface area contributed by atoms with Crippen LogP contribution in [-0.2, 0) is 16.6 Å². The number of sulfonamides is 1. The van der Waals surface area contributed by atoms with E-state index < -0.39 is 10.0 Å². The summed E-state index contributed by atoms with van der Waals surface area (Å²) < 4.78 is 28.4. The van der Waals surface area contributed by atoms with Gasteiger partial charge in [0.15, 0.2) is 0 Å². The van der Waals surface area contributed by atoms with Crippen LogP contribution in [0.1, 0.15) is 11.1 Å². The van der Waals surface area contributed by atoms with Crippen LogP contribution in [0.15, 0.2) is 59.8 Å². The van der Waals surface area contributed by atoms with Gasteiger partial charge >= 0.3 is 0 Å². The summed E-state index contributed by atoms with van der Waals surface area (Å²) in [5.74, 6) is 0. The van der Waals surface area contributed by atoms with Crippen molar-refractivity contribution >= 4 is 10.0 Å². The van der Waals surface area contributed by atoms with Crippen molar-refractivity contribution in [2.45, 2.75) is 18.4 Å². The number of hydrogen-bond donors (Lipinski definition) is 0. The number of hydrogen-bond acceptors (Lipinski definition) is 5. The Kier molecular flexibility index (Phi) is 4.41. The summed E-state index contributed by atoms with van der Waals surface area (Å²) in [6, 6.07) is 14.3. The van der Waals surface area contributed by atoms with Gasteiger partial charge in [-0.3, -0.25) is 0 Å². The molecule has 3 aromatic rings. The van der Waals surface area contributed by atoms with E-state index in [0.29, 0.717) is 12.2 Å². The van der Waals surface area contributed by atoms with Gasteiger partial charge in [-0.15, -0.1) is 5.10 Å². The Bertz CT molecular complexity index is 939. The van der Waals surface area contributed by atoms with Crippen LogP contribution in [0.2, 0.25) is 0 Å². The first kappa shape index (κ1) is 16.3. The van der Waals surface area contributed by atoms with Gasteiger partial charge in [0, 0.05) is 13.6 Å². The molecule has 0 amide bonds. The van der Waals surface area contributed by atoms with E-state index >= 15 is 0 Å². The van der Waals surface area contributed by atoms with Crippen LogP contribution in [0.5, 0.6) is 0 Å². The second-order valence-corrected chi connectivity index (χ2v) is 7.48. The molecule has 1 aromatic heterocycles. The van der Waals surface area contributed by atoms with Gasteiger partial charge in [-0.05, 0) is 46.7 Å². The molecule has 2 aromatic carbocycles. The third-order valence-electron chi connectivity index (χ3n) is 3.79. The highest BCUT2D eigenvalue weighted by Gasteiger charge is 2.22. The van der Waals surface area contributed by atoms with Crippen molar-refractivity contribution in [1.29, 1.82) is 0 Å². The van der Waals surface area contributed by atoms with Crippen LogP contribution in [0.25, 0.3) is 5.69 Å². The number of aromatic nitrogens is 4. The highest BCUT2D eigenvalue weighted by Crippen LogP contribution is 2.20. The van der Waals surface area contributed by atoms with Crippen LogP contribution >= 0.6 is 0 Å². The highest BCUT2D eigenvalue weighted by atomic mass is 32.2. The fourth-order valence-electron chi connectivity index (χ4n) is 2.36. The topological polar surface area (TPSA) is 81.0 Å². The van der Waals surface area contributed by atoms with Gasteiger partial charge in [0.05, 0.1) is 10.6 Å². The molecule has 0 saturated heterocycles. The molecular weight excluding hydrogens is 326 g/mol. The SMILES string of the molecule is Cc1ccccc1CN(C)S(=O)(=O)c1cccc(-n2cnnn2)c1. The van der Waals surface area contributed by atoms with Gasteiger partial charge < -0.3 is 0 Å². The standard InChI is InChI=1S/C16H17N5O2S/c1-13-6-3-4-7-14(13)11-20(2)24(22,23)16-9-5-8-15(10-16)21-12-17-18-19-21/h3-10,12H,11H2,1-2H3. The number of nitrogens with zero attached hydrogens (tertiary/aromatic N) is 5. The van der Waals surface area contributed by atoms with Crippen molar-refractivity contribution in [2.24, 2.45) is 0 Å². The molecular formula is C16H17N5O2S. The van der Waals surface area contributed by atoms with Crippen molar-refractivity contribution in [3.63, 3.8) is 0 Å². The van der Waals surface area contributed by atoms with Crippen molar-refractivity contribution < 1.29 is 8.42 Å². The van der Waals surface area contributed by atoms with Gasteiger partial charge in [0.25, 0.3) is 0 Å². The molecule has 24 heavy (non-hydrogen) atoms. The van der Waals surface area contributed by atoms with E-state index in [1.54, 1.807) is 31.3 Å². The number of benzene rings is 2. The zero-order valence-electron chi connectivity index (χ0n) is 13.4. The molecule has 124 valence electrons. The lowest BCUT2D eigenvalue weighted by Crippen LogP contribution is -2.27. The Hall–Kier alpha value is -2.58. The lowest BCUT2D eigenvalue weighted by atomic mass is 10.1. The predicted octanol–water partition coefficient (Wildman–Crippen LogP) is 1.79. The minimum Gasteiger partial charge on any atom is -0.207 e. The van der Waals surface area contributed by atoms with E-state index in [-0.39, 0.29) is 4.90 Å². The molecule has 0 aliphatic carbocycles. The smallest absolute Gasteiger partial charge is 0.207 e. The quantitative estimate of drug-likeness (QED) is 0.705. The molecule has 0 radical (unpaired) electrons. The molecule has 3 rings (SSSR count). The van der Waals surface area contributed by atoms with Gasteiger partial charge in [0.1, 0.15) is 6.33 Å². The number of rotatable bonds is 5. The van der Waals surface area contributed by atoms with Crippen molar-refractivity contribution in [3.05, 3.63) is 66.0 Å². The third kappa shape index (κ3) is 3.19. The Labute approximate surface area is 140 Å². The van der Waals surface area contributed by atoms with Crippen molar-refractivity contribution in [2.75, 3.05) is 7.05 Å². The van der Waals surface area contributed by atoms with E-state index in [0.717, 1.165) is 11.1 Å². The molecule has 1 heterocycles. The largest absolute Gasteiger partial charge is 0.243 e. The first-order chi connectivity index (χ1) is 11.5. The van der Waals surface area contributed by atoms with Crippen molar-refractivity contribution in [3.8, 4) is 5.69 Å². The fraction of sp³-hybridized carbons (Fsp3) is 0.188. The van der Waals surface area contributed by atoms with Crippen molar-refractivity contribution in [1.82, 2.24) is 24.5 Å². The van der Waals surface area contributed by atoms with E-state index in [2.05, 4.69) is 15.5 Å². The fourth-order valence-corrected chi connectivity index (χ4v) is 3.55. The molecule has 0 aliphatic heterocycles. The summed E-state index contributed by atoms with van der Waals surface area (Å²) in [6.07, 6.45) is 1.42. The van der Waals surface area contributed by atoms with E-state index in [1.165, 1.54) is 15.3 Å². The Morgan fingerprint density at radius 3 is 2.62 bits per heavy atom. The zero-order chi connectivity index (χ0) is 17.2. The van der Waals surface area contributed by atoms with Gasteiger partial charge in [0.2, 0.25) is 10.0 Å². The molecule has 0 bridgehead atoms. The molecule has 0 saturated carbocycles. The zero-order valence-corrected chi connectivity index (χ0v) is 14.2. The summed E-state index contributed by atoms with van der Waals surface area (Å²) in [4.78, 5) is 0.201. The van der Waals surface area contributed by atoms with E-state index in [1.807, 2.05) is 31.2 Å². The maximum atomic E-state index is 12.8. The molecule has 7 nitrogen and oxygen atoms in total. The van der Waals surface area contributed by atoms with Crippen LogP contribution < -0.4 is 0 Å². The minimum atomic E-state index is -3.62. The molecule has 0 N–H and O–H groups in total. The van der Waals surface area contributed by atoms with Gasteiger partial charge in [-0.1, -0.05) is 30.3 Å². The maximum Gasteiger partial charge on any atom is 0.243 e. The number of tetrazole rings is 1. The first-order valence-corrected chi connectivity index (χ1v) is 8.77. The van der Waals surface area contributed by atoms with Gasteiger partial charge in [-0.2, -0.15) is 4.31 Å². The minimum absolute atomic E-state index is 0.201.